The van der Waals surface area contributed by atoms with Gasteiger partial charge < -0.3 is 15.1 Å². The number of hydrogen-bond donors (Lipinski definition) is 2. The number of carbonyl (C=O) groups excluding carboxylic acids is 1. The second-order valence-corrected chi connectivity index (χ2v) is 6.64. The Balaban J connectivity index is 1.71. The summed E-state index contributed by atoms with van der Waals surface area (Å²) in [6.07, 6.45) is -4.41. The fraction of sp³-hybridized carbons (Fsp3) is 0.500. The van der Waals surface area contributed by atoms with Crippen molar-refractivity contribution in [2.45, 2.75) is 26.1 Å². The quantitative estimate of drug-likeness (QED) is 0.870. The molecule has 1 fully saturated rings. The third-order valence-corrected chi connectivity index (χ3v) is 4.78. The van der Waals surface area contributed by atoms with Crippen LogP contribution in [0.2, 0.25) is 0 Å². The summed E-state index contributed by atoms with van der Waals surface area (Å²) in [7, 11) is 0. The van der Waals surface area contributed by atoms with E-state index in [1.165, 1.54) is 4.90 Å². The lowest BCUT2D eigenvalue weighted by Crippen LogP contribution is -2.57. The molecule has 142 valence electrons. The van der Waals surface area contributed by atoms with Gasteiger partial charge in [0.2, 0.25) is 0 Å². The highest BCUT2D eigenvalue weighted by atomic mass is 19.4. The molecule has 2 aromatic rings. The van der Waals surface area contributed by atoms with Crippen molar-refractivity contribution in [3.63, 3.8) is 0 Å². The van der Waals surface area contributed by atoms with Crippen molar-refractivity contribution in [1.29, 1.82) is 0 Å². The number of piperazine rings is 1. The average molecular weight is 369 g/mol. The van der Waals surface area contributed by atoms with E-state index >= 15 is 0 Å². The largest absolute Gasteiger partial charge is 0.451 e. The van der Waals surface area contributed by atoms with Crippen LogP contribution in [0.1, 0.15) is 21.7 Å². The number of nitrogens with zero attached hydrogens (tertiary/aromatic N) is 1. The first kappa shape index (κ1) is 18.7. The summed E-state index contributed by atoms with van der Waals surface area (Å²) in [5.41, 5.74) is 2.63. The van der Waals surface area contributed by atoms with Gasteiger partial charge in [-0.15, -0.1) is 0 Å². The highest BCUT2D eigenvalue weighted by molar-refractivity contribution is 5.96. The summed E-state index contributed by atoms with van der Waals surface area (Å²) in [5.74, 6) is -0.618. The van der Waals surface area contributed by atoms with Crippen molar-refractivity contribution in [2.24, 2.45) is 0 Å². The molecule has 2 N–H and O–H groups in total. The Morgan fingerprint density at radius 3 is 2.54 bits per heavy atom. The average Bonchev–Trinajstić information content (AvgIpc) is 2.98. The van der Waals surface area contributed by atoms with Crippen LogP contribution in [0.5, 0.6) is 0 Å². The molecule has 5 nitrogen and oxygen atoms in total. The normalized spacial score (nSPS) is 17.4. The maximum Gasteiger partial charge on any atom is 0.405 e. The third kappa shape index (κ3) is 4.02. The molecule has 8 heteroatoms. The molecule has 0 radical (unpaired) electrons. The smallest absolute Gasteiger partial charge is 0.405 e. The van der Waals surface area contributed by atoms with E-state index in [4.69, 9.17) is 4.42 Å². The minimum Gasteiger partial charge on any atom is -0.451 e. The summed E-state index contributed by atoms with van der Waals surface area (Å²) in [6, 6.07) is 3.57. The van der Waals surface area contributed by atoms with Crippen molar-refractivity contribution >= 4 is 16.9 Å². The van der Waals surface area contributed by atoms with Gasteiger partial charge in [-0.3, -0.25) is 9.69 Å². The molecule has 0 spiro atoms. The van der Waals surface area contributed by atoms with Crippen LogP contribution in [-0.4, -0.2) is 55.7 Å². The Morgan fingerprint density at radius 2 is 1.88 bits per heavy atom. The topological polar surface area (TPSA) is 57.5 Å². The zero-order chi connectivity index (χ0) is 18.9. The Morgan fingerprint density at radius 1 is 1.23 bits per heavy atom. The number of rotatable bonds is 4. The molecule has 1 aromatic carbocycles. The molecule has 1 aromatic heterocycles. The van der Waals surface area contributed by atoms with E-state index in [0.717, 1.165) is 16.5 Å². The predicted octanol–water partition coefficient (Wildman–Crippen LogP) is 2.62. The lowest BCUT2D eigenvalue weighted by Gasteiger charge is -2.35. The number of furan rings is 1. The van der Waals surface area contributed by atoms with Crippen LogP contribution >= 0.6 is 0 Å². The second kappa shape index (κ2) is 7.28. The molecule has 3 rings (SSSR count). The van der Waals surface area contributed by atoms with E-state index in [2.05, 4.69) is 10.6 Å². The van der Waals surface area contributed by atoms with Crippen LogP contribution in [-0.2, 0) is 0 Å². The van der Waals surface area contributed by atoms with E-state index in [-0.39, 0.29) is 5.76 Å². The van der Waals surface area contributed by atoms with Crippen LogP contribution in [0.4, 0.5) is 13.2 Å². The highest BCUT2D eigenvalue weighted by Crippen LogP contribution is 2.26. The van der Waals surface area contributed by atoms with Crippen LogP contribution in [0.3, 0.4) is 0 Å². The second-order valence-electron chi connectivity index (χ2n) is 6.64. The number of alkyl halides is 3. The Hall–Kier alpha value is -2.06. The van der Waals surface area contributed by atoms with Gasteiger partial charge in [0.05, 0.1) is 0 Å². The van der Waals surface area contributed by atoms with Crippen molar-refractivity contribution in [1.82, 2.24) is 15.5 Å². The summed E-state index contributed by atoms with van der Waals surface area (Å²) in [4.78, 5) is 13.6. The Kier molecular flexibility index (Phi) is 5.24. The molecular weight excluding hydrogens is 347 g/mol. The van der Waals surface area contributed by atoms with Gasteiger partial charge >= 0.3 is 6.18 Å². The zero-order valence-corrected chi connectivity index (χ0v) is 14.7. The molecule has 1 unspecified atom stereocenters. The monoisotopic (exact) mass is 369 g/mol. The molecule has 0 saturated carbocycles. The lowest BCUT2D eigenvalue weighted by molar-refractivity contribution is -0.183. The molecule has 0 bridgehead atoms. The molecule has 1 atom stereocenters. The van der Waals surface area contributed by atoms with Crippen molar-refractivity contribution in [3.8, 4) is 0 Å². The summed E-state index contributed by atoms with van der Waals surface area (Å²) in [5, 5.41) is 6.16. The number of fused-ring (bicyclic) bond motifs is 1. The maximum absolute atomic E-state index is 13.4. The fourth-order valence-corrected chi connectivity index (χ4v) is 3.14. The lowest BCUT2D eigenvalue weighted by atomic mass is 10.1. The molecule has 2 heterocycles. The van der Waals surface area contributed by atoms with Crippen molar-refractivity contribution < 1.29 is 22.4 Å². The van der Waals surface area contributed by atoms with E-state index in [1.807, 2.05) is 26.0 Å². The van der Waals surface area contributed by atoms with Crippen molar-refractivity contribution in [2.75, 3.05) is 32.7 Å². The molecule has 1 aliphatic heterocycles. The molecule has 1 aliphatic rings. The van der Waals surface area contributed by atoms with Gasteiger partial charge in [-0.25, -0.2) is 0 Å². The molecular formula is C18H22F3N3O2. The fourth-order valence-electron chi connectivity index (χ4n) is 3.14. The van der Waals surface area contributed by atoms with Gasteiger partial charge in [0.1, 0.15) is 11.6 Å². The maximum atomic E-state index is 13.4. The molecule has 1 saturated heterocycles. The van der Waals surface area contributed by atoms with Crippen LogP contribution < -0.4 is 10.6 Å². The highest BCUT2D eigenvalue weighted by Gasteiger charge is 2.43. The summed E-state index contributed by atoms with van der Waals surface area (Å²) >= 11 is 0. The van der Waals surface area contributed by atoms with Crippen LogP contribution in [0, 0.1) is 13.8 Å². The Labute approximate surface area is 149 Å². The van der Waals surface area contributed by atoms with Gasteiger partial charge in [0, 0.05) is 38.1 Å². The number of halogens is 3. The predicted molar refractivity (Wildman–Crippen MR) is 92.3 cm³/mol. The zero-order valence-electron chi connectivity index (χ0n) is 14.7. The number of nitrogens with one attached hydrogen (secondary N) is 2. The van der Waals surface area contributed by atoms with Gasteiger partial charge in [0.15, 0.2) is 5.76 Å². The van der Waals surface area contributed by atoms with E-state index in [9.17, 15) is 18.0 Å². The van der Waals surface area contributed by atoms with Gasteiger partial charge in [-0.05, 0) is 43.2 Å². The molecule has 0 aliphatic carbocycles. The number of amides is 1. The summed E-state index contributed by atoms with van der Waals surface area (Å²) < 4.78 is 45.6. The van der Waals surface area contributed by atoms with Gasteiger partial charge in [-0.1, -0.05) is 0 Å². The third-order valence-electron chi connectivity index (χ3n) is 4.78. The summed E-state index contributed by atoms with van der Waals surface area (Å²) in [6.45, 7) is 4.97. The standard InChI is InChI=1S/C18H22F3N3O2/c1-11-7-13-9-15(26-14(13)8-12(11)2)17(25)23-10-16(18(19,20)21)24-5-3-22-4-6-24/h7-9,16,22H,3-6,10H2,1-2H3,(H,23,25). The van der Waals surface area contributed by atoms with Crippen LogP contribution in [0.25, 0.3) is 11.0 Å². The minimum absolute atomic E-state index is 0.0197. The van der Waals surface area contributed by atoms with Crippen molar-refractivity contribution in [3.05, 3.63) is 35.1 Å². The molecule has 26 heavy (non-hydrogen) atoms. The Bertz CT molecular complexity index is 756. The first-order valence-electron chi connectivity index (χ1n) is 8.56. The first-order valence-corrected chi connectivity index (χ1v) is 8.56. The first-order chi connectivity index (χ1) is 12.3. The molecule has 1 amide bonds. The SMILES string of the molecule is Cc1cc2cc(C(=O)NCC(N3CCNCC3)C(F)(F)F)oc2cc1C. The number of hydrogen-bond acceptors (Lipinski definition) is 4. The van der Waals surface area contributed by atoms with Gasteiger partial charge in [0.25, 0.3) is 5.91 Å². The van der Waals surface area contributed by atoms with E-state index < -0.39 is 24.7 Å². The van der Waals surface area contributed by atoms with Crippen LogP contribution in [0.15, 0.2) is 22.6 Å². The number of aryl methyl sites for hydroxylation is 2. The minimum atomic E-state index is -4.41. The van der Waals surface area contributed by atoms with E-state index in [0.29, 0.717) is 31.8 Å². The number of benzene rings is 1. The number of carbonyl (C=O) groups is 1. The van der Waals surface area contributed by atoms with Gasteiger partial charge in [-0.2, -0.15) is 13.2 Å². The van der Waals surface area contributed by atoms with E-state index in [1.54, 1.807) is 6.07 Å².